The van der Waals surface area contributed by atoms with Crippen LogP contribution in [0.1, 0.15) is 32.6 Å². The Labute approximate surface area is 94.1 Å². The van der Waals surface area contributed by atoms with Gasteiger partial charge in [-0.1, -0.05) is 13.3 Å². The predicted octanol–water partition coefficient (Wildman–Crippen LogP) is 1.18. The lowest BCUT2D eigenvalue weighted by molar-refractivity contribution is 0.100. The SMILES string of the molecule is CCCCN1CCCC(N(C)CCO)C1. The van der Waals surface area contributed by atoms with Gasteiger partial charge in [0.15, 0.2) is 0 Å². The standard InChI is InChI=1S/C12H26N2O/c1-3-4-7-14-8-5-6-12(11-14)13(2)9-10-15/h12,15H,3-11H2,1-2H3. The van der Waals surface area contributed by atoms with Gasteiger partial charge >= 0.3 is 0 Å². The van der Waals surface area contributed by atoms with E-state index in [1.807, 2.05) is 0 Å². The Kier molecular flexibility index (Phi) is 6.22. The van der Waals surface area contributed by atoms with E-state index in [2.05, 4.69) is 23.8 Å². The van der Waals surface area contributed by atoms with Crippen LogP contribution < -0.4 is 0 Å². The number of hydrogen-bond donors (Lipinski definition) is 1. The van der Waals surface area contributed by atoms with E-state index in [4.69, 9.17) is 5.11 Å². The fourth-order valence-corrected chi connectivity index (χ4v) is 2.32. The highest BCUT2D eigenvalue weighted by atomic mass is 16.3. The Hall–Kier alpha value is -0.120. The molecule has 1 atom stereocenters. The van der Waals surface area contributed by atoms with Crippen molar-refractivity contribution >= 4 is 0 Å². The summed E-state index contributed by atoms with van der Waals surface area (Å²) in [6.07, 6.45) is 5.20. The summed E-state index contributed by atoms with van der Waals surface area (Å²) in [4.78, 5) is 4.88. The van der Waals surface area contributed by atoms with Crippen LogP contribution in [0.4, 0.5) is 0 Å². The van der Waals surface area contributed by atoms with Crippen molar-refractivity contribution in [1.29, 1.82) is 0 Å². The highest BCUT2D eigenvalue weighted by Crippen LogP contribution is 2.14. The third-order valence-electron chi connectivity index (χ3n) is 3.38. The Morgan fingerprint density at radius 3 is 2.93 bits per heavy atom. The molecule has 3 heteroatoms. The van der Waals surface area contributed by atoms with Crippen LogP contribution in [-0.4, -0.2) is 60.8 Å². The smallest absolute Gasteiger partial charge is 0.0558 e. The van der Waals surface area contributed by atoms with E-state index in [9.17, 15) is 0 Å². The number of unbranched alkanes of at least 4 members (excludes halogenated alkanes) is 1. The number of likely N-dealkylation sites (N-methyl/N-ethyl adjacent to an activating group) is 1. The van der Waals surface area contributed by atoms with Gasteiger partial charge in [-0.2, -0.15) is 0 Å². The first-order valence-electron chi connectivity index (χ1n) is 6.31. The maximum Gasteiger partial charge on any atom is 0.0558 e. The summed E-state index contributed by atoms with van der Waals surface area (Å²) in [5, 5.41) is 8.92. The molecule has 1 unspecified atom stereocenters. The van der Waals surface area contributed by atoms with E-state index < -0.39 is 0 Å². The van der Waals surface area contributed by atoms with E-state index in [1.165, 1.54) is 45.3 Å². The molecule has 0 aromatic heterocycles. The molecule has 0 aromatic carbocycles. The van der Waals surface area contributed by atoms with Crippen LogP contribution in [-0.2, 0) is 0 Å². The number of piperidine rings is 1. The number of hydrogen-bond acceptors (Lipinski definition) is 3. The van der Waals surface area contributed by atoms with Crippen molar-refractivity contribution in [2.75, 3.05) is 39.8 Å². The maximum absolute atomic E-state index is 8.92. The monoisotopic (exact) mass is 214 g/mol. The van der Waals surface area contributed by atoms with Crippen molar-refractivity contribution in [3.8, 4) is 0 Å². The van der Waals surface area contributed by atoms with Crippen molar-refractivity contribution in [3.05, 3.63) is 0 Å². The summed E-state index contributed by atoms with van der Waals surface area (Å²) >= 11 is 0. The molecule has 1 N–H and O–H groups in total. The minimum absolute atomic E-state index is 0.280. The third-order valence-corrected chi connectivity index (χ3v) is 3.38. The molecule has 1 saturated heterocycles. The third kappa shape index (κ3) is 4.49. The quantitative estimate of drug-likeness (QED) is 0.719. The van der Waals surface area contributed by atoms with Gasteiger partial charge in [0.05, 0.1) is 6.61 Å². The first-order valence-corrected chi connectivity index (χ1v) is 6.31. The van der Waals surface area contributed by atoms with Crippen molar-refractivity contribution in [2.24, 2.45) is 0 Å². The Bertz CT molecular complexity index is 164. The van der Waals surface area contributed by atoms with Gasteiger partial charge < -0.3 is 10.0 Å². The molecule has 0 spiro atoms. The molecule has 1 heterocycles. The second-order valence-electron chi connectivity index (χ2n) is 4.65. The van der Waals surface area contributed by atoms with E-state index >= 15 is 0 Å². The molecule has 90 valence electrons. The molecule has 1 aliphatic heterocycles. The van der Waals surface area contributed by atoms with Gasteiger partial charge in [-0.05, 0) is 39.4 Å². The van der Waals surface area contributed by atoms with Crippen LogP contribution in [0.25, 0.3) is 0 Å². The fraction of sp³-hybridized carbons (Fsp3) is 1.00. The zero-order valence-corrected chi connectivity index (χ0v) is 10.3. The molecular formula is C12H26N2O. The van der Waals surface area contributed by atoms with E-state index in [-0.39, 0.29) is 6.61 Å². The molecule has 1 fully saturated rings. The van der Waals surface area contributed by atoms with E-state index in [0.717, 1.165) is 6.54 Å². The van der Waals surface area contributed by atoms with Crippen LogP contribution >= 0.6 is 0 Å². The van der Waals surface area contributed by atoms with Gasteiger partial charge in [-0.3, -0.25) is 4.90 Å². The van der Waals surface area contributed by atoms with Gasteiger partial charge in [0.25, 0.3) is 0 Å². The normalized spacial score (nSPS) is 23.6. The number of nitrogens with zero attached hydrogens (tertiary/aromatic N) is 2. The zero-order chi connectivity index (χ0) is 11.1. The number of aliphatic hydroxyl groups is 1. The van der Waals surface area contributed by atoms with E-state index in [0.29, 0.717) is 6.04 Å². The van der Waals surface area contributed by atoms with Crippen LogP contribution in [0.2, 0.25) is 0 Å². The molecule has 1 rings (SSSR count). The maximum atomic E-state index is 8.92. The second-order valence-corrected chi connectivity index (χ2v) is 4.65. The summed E-state index contributed by atoms with van der Waals surface area (Å²) in [6.45, 7) is 7.05. The average Bonchev–Trinajstić information content (AvgIpc) is 2.27. The summed E-state index contributed by atoms with van der Waals surface area (Å²) in [5.74, 6) is 0. The second kappa shape index (κ2) is 7.20. The minimum Gasteiger partial charge on any atom is -0.395 e. The van der Waals surface area contributed by atoms with Gasteiger partial charge in [0.2, 0.25) is 0 Å². The van der Waals surface area contributed by atoms with Crippen LogP contribution in [0.5, 0.6) is 0 Å². The van der Waals surface area contributed by atoms with Gasteiger partial charge in [0, 0.05) is 19.1 Å². The fourth-order valence-electron chi connectivity index (χ4n) is 2.32. The van der Waals surface area contributed by atoms with Gasteiger partial charge in [-0.15, -0.1) is 0 Å². The van der Waals surface area contributed by atoms with Crippen LogP contribution in [0.15, 0.2) is 0 Å². The average molecular weight is 214 g/mol. The summed E-state index contributed by atoms with van der Waals surface area (Å²) in [6, 6.07) is 0.655. The number of rotatable bonds is 6. The largest absolute Gasteiger partial charge is 0.395 e. The predicted molar refractivity (Wildman–Crippen MR) is 64.1 cm³/mol. The lowest BCUT2D eigenvalue weighted by Gasteiger charge is -2.37. The van der Waals surface area contributed by atoms with Crippen molar-refractivity contribution in [2.45, 2.75) is 38.6 Å². The van der Waals surface area contributed by atoms with Gasteiger partial charge in [0.1, 0.15) is 0 Å². The minimum atomic E-state index is 0.280. The first-order chi connectivity index (χ1) is 7.27. The lowest BCUT2D eigenvalue weighted by Crippen LogP contribution is -2.47. The molecule has 0 radical (unpaired) electrons. The number of aliphatic hydroxyl groups excluding tert-OH is 1. The molecule has 15 heavy (non-hydrogen) atoms. The van der Waals surface area contributed by atoms with Crippen molar-refractivity contribution in [1.82, 2.24) is 9.80 Å². The topological polar surface area (TPSA) is 26.7 Å². The summed E-state index contributed by atoms with van der Waals surface area (Å²) in [7, 11) is 2.13. The van der Waals surface area contributed by atoms with Crippen molar-refractivity contribution < 1.29 is 5.11 Å². The summed E-state index contributed by atoms with van der Waals surface area (Å²) < 4.78 is 0. The lowest BCUT2D eigenvalue weighted by atomic mass is 10.0. The summed E-state index contributed by atoms with van der Waals surface area (Å²) in [5.41, 5.74) is 0. The van der Waals surface area contributed by atoms with Crippen LogP contribution in [0.3, 0.4) is 0 Å². The molecular weight excluding hydrogens is 188 g/mol. The highest BCUT2D eigenvalue weighted by molar-refractivity contribution is 4.78. The molecule has 0 saturated carbocycles. The molecule has 0 bridgehead atoms. The highest BCUT2D eigenvalue weighted by Gasteiger charge is 2.22. The van der Waals surface area contributed by atoms with Crippen molar-refractivity contribution in [3.63, 3.8) is 0 Å². The van der Waals surface area contributed by atoms with Gasteiger partial charge in [-0.25, -0.2) is 0 Å². The molecule has 1 aliphatic rings. The molecule has 0 aliphatic carbocycles. The van der Waals surface area contributed by atoms with E-state index in [1.54, 1.807) is 0 Å². The Balaban J connectivity index is 2.28. The first kappa shape index (κ1) is 12.9. The Morgan fingerprint density at radius 2 is 2.27 bits per heavy atom. The van der Waals surface area contributed by atoms with Crippen LogP contribution in [0, 0.1) is 0 Å². The molecule has 0 amide bonds. The molecule has 3 nitrogen and oxygen atoms in total. The molecule has 0 aromatic rings. The number of likely N-dealkylation sites (tertiary alicyclic amines) is 1. The zero-order valence-electron chi connectivity index (χ0n) is 10.3. The Morgan fingerprint density at radius 1 is 1.47 bits per heavy atom.